The molecule has 1 heterocycles. The van der Waals surface area contributed by atoms with Gasteiger partial charge >= 0.3 is 0 Å². The Morgan fingerprint density at radius 1 is 1.09 bits per heavy atom. The second-order valence-corrected chi connectivity index (χ2v) is 9.27. The molecule has 2 aliphatic rings. The number of nitrogens with one attached hydrogen (secondary N) is 1. The van der Waals surface area contributed by atoms with Crippen LogP contribution < -0.4 is 5.32 Å². The van der Waals surface area contributed by atoms with Gasteiger partial charge in [0.05, 0.1) is 17.6 Å². The van der Waals surface area contributed by atoms with E-state index < -0.39 is 5.54 Å². The second kappa shape index (κ2) is 9.86. The molecule has 0 aromatic heterocycles. The molecular formula is C27H34N2O3. The predicted octanol–water partition coefficient (Wildman–Crippen LogP) is 4.67. The summed E-state index contributed by atoms with van der Waals surface area (Å²) in [4.78, 5) is 29.3. The predicted molar refractivity (Wildman–Crippen MR) is 125 cm³/mol. The maximum Gasteiger partial charge on any atom is 0.254 e. The highest BCUT2D eigenvalue weighted by molar-refractivity contribution is 6.02. The van der Waals surface area contributed by atoms with Crippen molar-refractivity contribution in [1.29, 1.82) is 0 Å². The molecule has 1 spiro atoms. The molecule has 2 aromatic rings. The van der Waals surface area contributed by atoms with Gasteiger partial charge in [0.15, 0.2) is 0 Å². The Morgan fingerprint density at radius 3 is 2.50 bits per heavy atom. The van der Waals surface area contributed by atoms with Crippen LogP contribution in [0.5, 0.6) is 0 Å². The topological polar surface area (TPSA) is 58.6 Å². The summed E-state index contributed by atoms with van der Waals surface area (Å²) >= 11 is 0. The molecule has 4 rings (SSSR count). The van der Waals surface area contributed by atoms with Crippen molar-refractivity contribution >= 4 is 11.8 Å². The van der Waals surface area contributed by atoms with Crippen molar-refractivity contribution in [1.82, 2.24) is 10.2 Å². The van der Waals surface area contributed by atoms with E-state index in [2.05, 4.69) is 17.4 Å². The van der Waals surface area contributed by atoms with Crippen molar-refractivity contribution in [3.8, 4) is 0 Å². The van der Waals surface area contributed by atoms with Gasteiger partial charge in [0.2, 0.25) is 5.91 Å². The van der Waals surface area contributed by atoms with Gasteiger partial charge in [0.25, 0.3) is 5.91 Å². The minimum Gasteiger partial charge on any atom is -0.379 e. The minimum absolute atomic E-state index is 0.0226. The Hall–Kier alpha value is -2.66. The molecule has 32 heavy (non-hydrogen) atoms. The van der Waals surface area contributed by atoms with E-state index in [1.54, 1.807) is 0 Å². The van der Waals surface area contributed by atoms with Crippen LogP contribution in [0.25, 0.3) is 0 Å². The molecule has 1 atom stereocenters. The van der Waals surface area contributed by atoms with Gasteiger partial charge in [-0.1, -0.05) is 61.4 Å². The standard InChI is InChI=1S/C27H34N2O3/c1-20(2)32-18-10-17-28-25(30)24-22-13-6-7-14-23(22)26(31)29(27(24)15-8-9-16-27)19-21-11-4-3-5-12-21/h3-7,11-14,20,24H,8-10,15-19H2,1-2H3,(H,28,30)/t24-/m0/s1. The fourth-order valence-corrected chi connectivity index (χ4v) is 5.37. The molecule has 0 saturated heterocycles. The average molecular weight is 435 g/mol. The lowest BCUT2D eigenvalue weighted by Crippen LogP contribution is -2.60. The lowest BCUT2D eigenvalue weighted by atomic mass is 9.71. The van der Waals surface area contributed by atoms with Crippen LogP contribution in [-0.4, -0.2) is 41.5 Å². The van der Waals surface area contributed by atoms with E-state index in [-0.39, 0.29) is 23.8 Å². The molecular weight excluding hydrogens is 400 g/mol. The lowest BCUT2D eigenvalue weighted by molar-refractivity contribution is -0.126. The highest BCUT2D eigenvalue weighted by Crippen LogP contribution is 2.50. The van der Waals surface area contributed by atoms with Crippen LogP contribution in [0.2, 0.25) is 0 Å². The van der Waals surface area contributed by atoms with Gasteiger partial charge < -0.3 is 15.0 Å². The smallest absolute Gasteiger partial charge is 0.254 e. The van der Waals surface area contributed by atoms with E-state index in [4.69, 9.17) is 4.74 Å². The number of hydrogen-bond acceptors (Lipinski definition) is 3. The van der Waals surface area contributed by atoms with Crippen molar-refractivity contribution in [3.05, 3.63) is 71.3 Å². The Balaban J connectivity index is 1.64. The van der Waals surface area contributed by atoms with Crippen LogP contribution in [0, 0.1) is 0 Å². The minimum atomic E-state index is -0.472. The van der Waals surface area contributed by atoms with E-state index in [0.29, 0.717) is 25.3 Å². The SMILES string of the molecule is CC(C)OCCCNC(=O)[C@@H]1c2ccccc2C(=O)N(Cc2ccccc2)C12CCCC2. The van der Waals surface area contributed by atoms with E-state index in [1.807, 2.05) is 61.2 Å². The third-order valence-electron chi connectivity index (χ3n) is 6.81. The van der Waals surface area contributed by atoms with Gasteiger partial charge in [0.1, 0.15) is 0 Å². The maximum atomic E-state index is 13.7. The summed E-state index contributed by atoms with van der Waals surface area (Å²) in [6.07, 6.45) is 4.75. The quantitative estimate of drug-likeness (QED) is 0.614. The van der Waals surface area contributed by atoms with Crippen molar-refractivity contribution in [3.63, 3.8) is 0 Å². The largest absolute Gasteiger partial charge is 0.379 e. The third kappa shape index (κ3) is 4.44. The van der Waals surface area contributed by atoms with Gasteiger partial charge in [-0.05, 0) is 50.3 Å². The zero-order chi connectivity index (χ0) is 22.6. The van der Waals surface area contributed by atoms with Gasteiger partial charge in [-0.15, -0.1) is 0 Å². The van der Waals surface area contributed by atoms with E-state index in [0.717, 1.165) is 43.2 Å². The Labute approximate surface area is 191 Å². The van der Waals surface area contributed by atoms with Gasteiger partial charge in [-0.2, -0.15) is 0 Å². The molecule has 0 radical (unpaired) electrons. The third-order valence-corrected chi connectivity index (χ3v) is 6.81. The van der Waals surface area contributed by atoms with Crippen molar-refractivity contribution in [2.45, 2.75) is 70.1 Å². The lowest BCUT2D eigenvalue weighted by Gasteiger charge is -2.50. The first-order valence-corrected chi connectivity index (χ1v) is 11.9. The molecule has 5 heteroatoms. The normalized spacial score (nSPS) is 19.4. The monoisotopic (exact) mass is 434 g/mol. The average Bonchev–Trinajstić information content (AvgIpc) is 3.27. The van der Waals surface area contributed by atoms with Crippen molar-refractivity contribution in [2.75, 3.05) is 13.2 Å². The molecule has 1 N–H and O–H groups in total. The number of carbonyl (C=O) groups is 2. The maximum absolute atomic E-state index is 13.7. The summed E-state index contributed by atoms with van der Waals surface area (Å²) in [6, 6.07) is 17.8. The summed E-state index contributed by atoms with van der Waals surface area (Å²) < 4.78 is 5.61. The molecule has 2 aromatic carbocycles. The number of rotatable bonds is 8. The van der Waals surface area contributed by atoms with E-state index in [9.17, 15) is 9.59 Å². The van der Waals surface area contributed by atoms with Crippen LogP contribution >= 0.6 is 0 Å². The van der Waals surface area contributed by atoms with Crippen molar-refractivity contribution in [2.24, 2.45) is 0 Å². The number of ether oxygens (including phenoxy) is 1. The first kappa shape index (κ1) is 22.5. The van der Waals surface area contributed by atoms with Crippen LogP contribution in [0.3, 0.4) is 0 Å². The van der Waals surface area contributed by atoms with Crippen LogP contribution in [0.15, 0.2) is 54.6 Å². The highest BCUT2D eigenvalue weighted by Gasteiger charge is 2.55. The molecule has 0 unspecified atom stereocenters. The van der Waals surface area contributed by atoms with Crippen molar-refractivity contribution < 1.29 is 14.3 Å². The Morgan fingerprint density at radius 2 is 1.78 bits per heavy atom. The van der Waals surface area contributed by atoms with Gasteiger partial charge in [-0.25, -0.2) is 0 Å². The summed E-state index contributed by atoms with van der Waals surface area (Å²) in [6.45, 7) is 5.76. The molecule has 1 saturated carbocycles. The number of benzene rings is 2. The number of fused-ring (bicyclic) bond motifs is 1. The molecule has 2 amide bonds. The zero-order valence-corrected chi connectivity index (χ0v) is 19.2. The van der Waals surface area contributed by atoms with Gasteiger partial charge in [0, 0.05) is 25.3 Å². The first-order valence-electron chi connectivity index (χ1n) is 11.9. The van der Waals surface area contributed by atoms with E-state index in [1.165, 1.54) is 0 Å². The summed E-state index contributed by atoms with van der Waals surface area (Å²) in [7, 11) is 0. The molecule has 0 bridgehead atoms. The first-order chi connectivity index (χ1) is 15.5. The molecule has 1 fully saturated rings. The zero-order valence-electron chi connectivity index (χ0n) is 19.2. The van der Waals surface area contributed by atoms with Crippen LogP contribution in [0.1, 0.15) is 73.4 Å². The molecule has 1 aliphatic heterocycles. The fraction of sp³-hybridized carbons (Fsp3) is 0.481. The molecule has 170 valence electrons. The van der Waals surface area contributed by atoms with Crippen LogP contribution in [0.4, 0.5) is 0 Å². The number of hydrogen-bond donors (Lipinski definition) is 1. The fourth-order valence-electron chi connectivity index (χ4n) is 5.37. The van der Waals surface area contributed by atoms with Gasteiger partial charge in [-0.3, -0.25) is 9.59 Å². The number of carbonyl (C=O) groups excluding carboxylic acids is 2. The number of nitrogens with zero attached hydrogens (tertiary/aromatic N) is 1. The highest BCUT2D eigenvalue weighted by atomic mass is 16.5. The molecule has 5 nitrogen and oxygen atoms in total. The second-order valence-electron chi connectivity index (χ2n) is 9.27. The van der Waals surface area contributed by atoms with E-state index >= 15 is 0 Å². The Bertz CT molecular complexity index is 935. The summed E-state index contributed by atoms with van der Waals surface area (Å²) in [5, 5.41) is 3.16. The Kier molecular flexibility index (Phi) is 6.95. The van der Waals surface area contributed by atoms with Crippen LogP contribution in [-0.2, 0) is 16.1 Å². The molecule has 1 aliphatic carbocycles. The summed E-state index contributed by atoms with van der Waals surface area (Å²) in [5.41, 5.74) is 2.15. The summed E-state index contributed by atoms with van der Waals surface area (Å²) in [5.74, 6) is -0.288. The number of amides is 2.